The number of fused-ring (bicyclic) bond motifs is 1. The van der Waals surface area contributed by atoms with Crippen molar-refractivity contribution in [2.24, 2.45) is 28.9 Å². The van der Waals surface area contributed by atoms with Gasteiger partial charge in [0.2, 0.25) is 0 Å². The lowest BCUT2D eigenvalue weighted by Crippen LogP contribution is -2.30. The van der Waals surface area contributed by atoms with E-state index in [0.717, 1.165) is 31.6 Å². The van der Waals surface area contributed by atoms with E-state index in [2.05, 4.69) is 13.8 Å². The Kier molecular flexibility index (Phi) is 3.36. The smallest absolute Gasteiger partial charge is 0.0488 e. The molecule has 88 valence electrons. The highest BCUT2D eigenvalue weighted by Crippen LogP contribution is 2.60. The van der Waals surface area contributed by atoms with Crippen LogP contribution in [0.3, 0.4) is 0 Å². The molecule has 2 aliphatic carbocycles. The van der Waals surface area contributed by atoms with Gasteiger partial charge in [-0.25, -0.2) is 0 Å². The van der Waals surface area contributed by atoms with E-state index in [4.69, 9.17) is 10.5 Å². The van der Waals surface area contributed by atoms with E-state index in [0.29, 0.717) is 11.3 Å². The van der Waals surface area contributed by atoms with Gasteiger partial charge in [0.25, 0.3) is 0 Å². The van der Waals surface area contributed by atoms with Gasteiger partial charge in [-0.05, 0) is 55.4 Å². The maximum absolute atomic E-state index is 5.94. The molecule has 2 saturated carbocycles. The van der Waals surface area contributed by atoms with Gasteiger partial charge in [-0.1, -0.05) is 13.8 Å². The number of ether oxygens (including phenoxy) is 1. The fourth-order valence-electron chi connectivity index (χ4n) is 3.09. The van der Waals surface area contributed by atoms with E-state index < -0.39 is 0 Å². The van der Waals surface area contributed by atoms with Crippen LogP contribution in [0.15, 0.2) is 0 Å². The molecule has 2 unspecified atom stereocenters. The molecule has 2 atom stereocenters. The molecule has 0 radical (unpaired) electrons. The first-order valence-corrected chi connectivity index (χ1v) is 6.43. The van der Waals surface area contributed by atoms with Crippen LogP contribution in [-0.2, 0) is 4.74 Å². The first kappa shape index (κ1) is 11.4. The third-order valence-corrected chi connectivity index (χ3v) is 4.12. The standard InChI is InChI=1S/C13H25NO/c1-10(2)8-15-4-3-13(9-14)6-11-5-12(11)7-13/h10-12H,3-9,14H2,1-2H3. The van der Waals surface area contributed by atoms with Crippen LogP contribution in [0, 0.1) is 23.2 Å². The minimum Gasteiger partial charge on any atom is -0.381 e. The van der Waals surface area contributed by atoms with Crippen LogP contribution < -0.4 is 5.73 Å². The molecule has 2 nitrogen and oxygen atoms in total. The lowest BCUT2D eigenvalue weighted by Gasteiger charge is -2.29. The molecule has 2 rings (SSSR count). The molecule has 0 aromatic heterocycles. The minimum atomic E-state index is 0.449. The number of nitrogens with two attached hydrogens (primary N) is 1. The molecule has 0 heterocycles. The van der Waals surface area contributed by atoms with Crippen molar-refractivity contribution in [3.63, 3.8) is 0 Å². The Hall–Kier alpha value is -0.0800. The van der Waals surface area contributed by atoms with Gasteiger partial charge in [0.15, 0.2) is 0 Å². The van der Waals surface area contributed by atoms with Crippen molar-refractivity contribution in [3.8, 4) is 0 Å². The summed E-state index contributed by atoms with van der Waals surface area (Å²) < 4.78 is 5.68. The van der Waals surface area contributed by atoms with E-state index in [1.807, 2.05) is 0 Å². The molecule has 0 spiro atoms. The highest BCUT2D eigenvalue weighted by molar-refractivity contribution is 5.03. The fraction of sp³-hybridized carbons (Fsp3) is 1.00. The zero-order valence-corrected chi connectivity index (χ0v) is 10.2. The van der Waals surface area contributed by atoms with Gasteiger partial charge in [-0.2, -0.15) is 0 Å². The Morgan fingerprint density at radius 1 is 1.33 bits per heavy atom. The van der Waals surface area contributed by atoms with E-state index in [1.54, 1.807) is 0 Å². The normalized spacial score (nSPS) is 38.4. The lowest BCUT2D eigenvalue weighted by molar-refractivity contribution is 0.0757. The van der Waals surface area contributed by atoms with E-state index in [-0.39, 0.29) is 0 Å². The summed E-state index contributed by atoms with van der Waals surface area (Å²) >= 11 is 0. The second kappa shape index (κ2) is 4.42. The zero-order chi connectivity index (χ0) is 10.9. The zero-order valence-electron chi connectivity index (χ0n) is 10.2. The van der Waals surface area contributed by atoms with Crippen LogP contribution in [0.5, 0.6) is 0 Å². The SMILES string of the molecule is CC(C)COCCC1(CN)CC2CC2C1. The molecular formula is C13H25NO. The summed E-state index contributed by atoms with van der Waals surface area (Å²) in [6.45, 7) is 7.07. The van der Waals surface area contributed by atoms with Crippen molar-refractivity contribution in [2.45, 2.75) is 39.5 Å². The molecule has 0 aromatic carbocycles. The average molecular weight is 211 g/mol. The van der Waals surface area contributed by atoms with E-state index in [1.165, 1.54) is 25.7 Å². The fourth-order valence-corrected chi connectivity index (χ4v) is 3.09. The van der Waals surface area contributed by atoms with Crippen molar-refractivity contribution < 1.29 is 4.74 Å². The number of hydrogen-bond donors (Lipinski definition) is 1. The molecule has 15 heavy (non-hydrogen) atoms. The summed E-state index contributed by atoms with van der Waals surface area (Å²) in [4.78, 5) is 0. The van der Waals surface area contributed by atoms with Crippen molar-refractivity contribution in [2.75, 3.05) is 19.8 Å². The molecule has 0 aliphatic heterocycles. The summed E-state index contributed by atoms with van der Waals surface area (Å²) in [7, 11) is 0. The third-order valence-electron chi connectivity index (χ3n) is 4.12. The number of hydrogen-bond acceptors (Lipinski definition) is 2. The van der Waals surface area contributed by atoms with Crippen LogP contribution in [-0.4, -0.2) is 19.8 Å². The van der Waals surface area contributed by atoms with Gasteiger partial charge in [-0.3, -0.25) is 0 Å². The van der Waals surface area contributed by atoms with Gasteiger partial charge in [0.05, 0.1) is 0 Å². The van der Waals surface area contributed by atoms with Crippen LogP contribution in [0.2, 0.25) is 0 Å². The molecule has 0 amide bonds. The topological polar surface area (TPSA) is 35.2 Å². The van der Waals surface area contributed by atoms with Crippen LogP contribution in [0.1, 0.15) is 39.5 Å². The van der Waals surface area contributed by atoms with E-state index >= 15 is 0 Å². The van der Waals surface area contributed by atoms with Crippen molar-refractivity contribution in [3.05, 3.63) is 0 Å². The maximum atomic E-state index is 5.94. The molecule has 2 heteroatoms. The lowest BCUT2D eigenvalue weighted by atomic mass is 9.80. The van der Waals surface area contributed by atoms with Gasteiger partial charge in [0, 0.05) is 13.2 Å². The number of rotatable bonds is 6. The molecule has 2 aliphatic rings. The largest absolute Gasteiger partial charge is 0.381 e. The van der Waals surface area contributed by atoms with Crippen LogP contribution >= 0.6 is 0 Å². The Morgan fingerprint density at radius 3 is 2.53 bits per heavy atom. The molecule has 0 saturated heterocycles. The second-order valence-electron chi connectivity index (χ2n) is 6.09. The first-order valence-electron chi connectivity index (χ1n) is 6.43. The predicted octanol–water partition coefficient (Wildman–Crippen LogP) is 2.42. The predicted molar refractivity (Wildman–Crippen MR) is 62.6 cm³/mol. The summed E-state index contributed by atoms with van der Waals surface area (Å²) in [6, 6.07) is 0. The van der Waals surface area contributed by atoms with E-state index in [9.17, 15) is 0 Å². The highest BCUT2D eigenvalue weighted by atomic mass is 16.5. The Morgan fingerprint density at radius 2 is 2.00 bits per heavy atom. The van der Waals surface area contributed by atoms with Crippen molar-refractivity contribution in [1.29, 1.82) is 0 Å². The first-order chi connectivity index (χ1) is 7.15. The molecule has 2 fully saturated rings. The summed E-state index contributed by atoms with van der Waals surface area (Å²) in [6.07, 6.45) is 5.41. The molecule has 0 aromatic rings. The average Bonchev–Trinajstić information content (AvgIpc) is 2.82. The summed E-state index contributed by atoms with van der Waals surface area (Å²) in [5.41, 5.74) is 6.39. The van der Waals surface area contributed by atoms with Gasteiger partial charge in [0.1, 0.15) is 0 Å². The van der Waals surface area contributed by atoms with Crippen LogP contribution in [0.25, 0.3) is 0 Å². The molecule has 2 N–H and O–H groups in total. The quantitative estimate of drug-likeness (QED) is 0.685. The Labute approximate surface area is 93.6 Å². The third kappa shape index (κ3) is 2.73. The van der Waals surface area contributed by atoms with Crippen molar-refractivity contribution >= 4 is 0 Å². The summed E-state index contributed by atoms with van der Waals surface area (Å²) in [5, 5.41) is 0. The monoisotopic (exact) mass is 211 g/mol. The minimum absolute atomic E-state index is 0.449. The van der Waals surface area contributed by atoms with Crippen molar-refractivity contribution in [1.82, 2.24) is 0 Å². The molecular weight excluding hydrogens is 186 g/mol. The van der Waals surface area contributed by atoms with Gasteiger partial charge in [-0.15, -0.1) is 0 Å². The van der Waals surface area contributed by atoms with Crippen LogP contribution in [0.4, 0.5) is 0 Å². The maximum Gasteiger partial charge on any atom is 0.0488 e. The van der Waals surface area contributed by atoms with Gasteiger partial charge >= 0.3 is 0 Å². The van der Waals surface area contributed by atoms with Gasteiger partial charge < -0.3 is 10.5 Å². The Balaban J connectivity index is 1.68. The molecule has 0 bridgehead atoms. The highest BCUT2D eigenvalue weighted by Gasteiger charge is 2.52. The summed E-state index contributed by atoms with van der Waals surface area (Å²) in [5.74, 6) is 2.70. The second-order valence-corrected chi connectivity index (χ2v) is 6.09. The Bertz CT molecular complexity index is 205.